The third kappa shape index (κ3) is 5.91. The highest BCUT2D eigenvalue weighted by Crippen LogP contribution is 2.28. The molecule has 2 atom stereocenters. The van der Waals surface area contributed by atoms with E-state index in [4.69, 9.17) is 4.74 Å². The Morgan fingerprint density at radius 2 is 1.55 bits per heavy atom. The number of ether oxygens (including phenoxy) is 1. The van der Waals surface area contributed by atoms with Crippen molar-refractivity contribution in [2.24, 2.45) is 11.8 Å². The summed E-state index contributed by atoms with van der Waals surface area (Å²) in [4.78, 5) is 0. The van der Waals surface area contributed by atoms with Gasteiger partial charge in [0.15, 0.2) is 0 Å². The van der Waals surface area contributed by atoms with Crippen LogP contribution in [0.1, 0.15) is 46.1 Å². The Morgan fingerprint density at radius 3 is 2.05 bits per heavy atom. The van der Waals surface area contributed by atoms with E-state index in [-0.39, 0.29) is 12.4 Å². The van der Waals surface area contributed by atoms with Gasteiger partial charge < -0.3 is 10.1 Å². The summed E-state index contributed by atoms with van der Waals surface area (Å²) in [6, 6.07) is 11.3. The molecule has 0 amide bonds. The standard InChI is InChI=1S/C19H31NO.ClH/c1-14(2)18-12-17(13-19(21-18)15(3)4)20-11-10-16-8-6-5-7-9-16;/h5-9,14-15,17-20H,10-13H2,1-4H3;1H. The van der Waals surface area contributed by atoms with E-state index in [1.807, 2.05) is 0 Å². The molecule has 2 nitrogen and oxygen atoms in total. The zero-order valence-electron chi connectivity index (χ0n) is 14.4. The molecule has 1 fully saturated rings. The SMILES string of the molecule is CC(C)C1CC(NCCc2ccccc2)CC(C(C)C)O1.Cl. The molecule has 2 unspecified atom stereocenters. The van der Waals surface area contributed by atoms with Gasteiger partial charge in [-0.15, -0.1) is 12.4 Å². The van der Waals surface area contributed by atoms with Crippen LogP contribution in [-0.4, -0.2) is 24.8 Å². The van der Waals surface area contributed by atoms with Crippen LogP contribution < -0.4 is 5.32 Å². The van der Waals surface area contributed by atoms with Crippen molar-refractivity contribution in [1.82, 2.24) is 5.32 Å². The summed E-state index contributed by atoms with van der Waals surface area (Å²) >= 11 is 0. The topological polar surface area (TPSA) is 21.3 Å². The summed E-state index contributed by atoms with van der Waals surface area (Å²) in [6.07, 6.45) is 4.21. The molecule has 1 heterocycles. The molecular formula is C19H32ClNO. The molecule has 0 aliphatic carbocycles. The zero-order chi connectivity index (χ0) is 15.2. The molecule has 1 aliphatic heterocycles. The first-order valence-electron chi connectivity index (χ1n) is 8.49. The van der Waals surface area contributed by atoms with E-state index in [2.05, 4.69) is 63.3 Å². The second-order valence-corrected chi connectivity index (χ2v) is 7.06. The van der Waals surface area contributed by atoms with Crippen molar-refractivity contribution in [2.75, 3.05) is 6.54 Å². The molecular weight excluding hydrogens is 294 g/mol. The lowest BCUT2D eigenvalue weighted by Crippen LogP contribution is -2.46. The first-order valence-corrected chi connectivity index (χ1v) is 8.49. The maximum absolute atomic E-state index is 6.26. The average molecular weight is 326 g/mol. The van der Waals surface area contributed by atoms with Crippen molar-refractivity contribution in [3.63, 3.8) is 0 Å². The van der Waals surface area contributed by atoms with Crippen LogP contribution in [0.3, 0.4) is 0 Å². The van der Waals surface area contributed by atoms with Crippen molar-refractivity contribution in [3.05, 3.63) is 35.9 Å². The van der Waals surface area contributed by atoms with Gasteiger partial charge in [0.1, 0.15) is 0 Å². The summed E-state index contributed by atoms with van der Waals surface area (Å²) < 4.78 is 6.26. The first kappa shape index (κ1) is 19.5. The molecule has 1 N–H and O–H groups in total. The summed E-state index contributed by atoms with van der Waals surface area (Å²) in [6.45, 7) is 10.1. The number of benzene rings is 1. The van der Waals surface area contributed by atoms with E-state index in [0.29, 0.717) is 30.1 Å². The Hall–Kier alpha value is -0.570. The summed E-state index contributed by atoms with van der Waals surface area (Å²) in [5.41, 5.74) is 1.41. The van der Waals surface area contributed by atoms with Crippen LogP contribution in [-0.2, 0) is 11.2 Å². The van der Waals surface area contributed by atoms with E-state index in [9.17, 15) is 0 Å². The van der Waals surface area contributed by atoms with Gasteiger partial charge in [0.2, 0.25) is 0 Å². The Bertz CT molecular complexity index is 391. The van der Waals surface area contributed by atoms with Gasteiger partial charge in [-0.1, -0.05) is 58.0 Å². The van der Waals surface area contributed by atoms with Crippen LogP contribution in [0.4, 0.5) is 0 Å². The Labute approximate surface area is 142 Å². The maximum Gasteiger partial charge on any atom is 0.0616 e. The number of rotatable bonds is 6. The maximum atomic E-state index is 6.26. The fourth-order valence-electron chi connectivity index (χ4n) is 3.08. The molecule has 22 heavy (non-hydrogen) atoms. The molecule has 1 saturated heterocycles. The van der Waals surface area contributed by atoms with E-state index in [0.717, 1.165) is 25.8 Å². The lowest BCUT2D eigenvalue weighted by Gasteiger charge is -2.39. The molecule has 0 spiro atoms. The van der Waals surface area contributed by atoms with Gasteiger partial charge in [-0.05, 0) is 43.2 Å². The zero-order valence-corrected chi connectivity index (χ0v) is 15.2. The third-order valence-corrected chi connectivity index (χ3v) is 4.56. The Morgan fingerprint density at radius 1 is 1.00 bits per heavy atom. The first-order chi connectivity index (χ1) is 10.1. The van der Waals surface area contributed by atoms with Gasteiger partial charge >= 0.3 is 0 Å². The molecule has 1 aliphatic rings. The van der Waals surface area contributed by atoms with Crippen LogP contribution >= 0.6 is 12.4 Å². The molecule has 1 aromatic rings. The predicted molar refractivity (Wildman–Crippen MR) is 96.8 cm³/mol. The summed E-state index contributed by atoms with van der Waals surface area (Å²) in [5.74, 6) is 1.20. The van der Waals surface area contributed by atoms with Crippen molar-refractivity contribution >= 4 is 12.4 Å². The lowest BCUT2D eigenvalue weighted by atomic mass is 9.88. The summed E-state index contributed by atoms with van der Waals surface area (Å²) in [5, 5.41) is 3.76. The Kier molecular flexibility index (Phi) is 8.45. The third-order valence-electron chi connectivity index (χ3n) is 4.56. The van der Waals surface area contributed by atoms with Crippen molar-refractivity contribution in [3.8, 4) is 0 Å². The smallest absolute Gasteiger partial charge is 0.0616 e. The van der Waals surface area contributed by atoms with Crippen LogP contribution in [0.2, 0.25) is 0 Å². The van der Waals surface area contributed by atoms with Gasteiger partial charge in [-0.2, -0.15) is 0 Å². The number of hydrogen-bond donors (Lipinski definition) is 1. The quantitative estimate of drug-likeness (QED) is 0.833. The number of halogens is 1. The normalized spacial score (nSPS) is 25.3. The highest BCUT2D eigenvalue weighted by atomic mass is 35.5. The highest BCUT2D eigenvalue weighted by molar-refractivity contribution is 5.85. The van der Waals surface area contributed by atoms with Crippen molar-refractivity contribution < 1.29 is 4.74 Å². The fourth-order valence-corrected chi connectivity index (χ4v) is 3.08. The monoisotopic (exact) mass is 325 g/mol. The fraction of sp³-hybridized carbons (Fsp3) is 0.684. The van der Waals surface area contributed by atoms with Gasteiger partial charge in [0, 0.05) is 6.04 Å². The van der Waals surface area contributed by atoms with Crippen LogP contribution in [0, 0.1) is 11.8 Å². The van der Waals surface area contributed by atoms with Gasteiger partial charge in [-0.3, -0.25) is 0 Å². The van der Waals surface area contributed by atoms with Gasteiger partial charge in [-0.25, -0.2) is 0 Å². The minimum Gasteiger partial charge on any atom is -0.374 e. The van der Waals surface area contributed by atoms with E-state index in [1.165, 1.54) is 5.56 Å². The van der Waals surface area contributed by atoms with Crippen LogP contribution in [0.25, 0.3) is 0 Å². The minimum absolute atomic E-state index is 0. The predicted octanol–water partition coefficient (Wildman–Crippen LogP) is 4.47. The highest BCUT2D eigenvalue weighted by Gasteiger charge is 2.32. The summed E-state index contributed by atoms with van der Waals surface area (Å²) in [7, 11) is 0. The second-order valence-electron chi connectivity index (χ2n) is 7.06. The molecule has 0 aromatic heterocycles. The largest absolute Gasteiger partial charge is 0.374 e. The molecule has 0 radical (unpaired) electrons. The average Bonchev–Trinajstić information content (AvgIpc) is 2.48. The van der Waals surface area contributed by atoms with E-state index >= 15 is 0 Å². The minimum atomic E-state index is 0. The van der Waals surface area contributed by atoms with E-state index in [1.54, 1.807) is 0 Å². The molecule has 2 rings (SSSR count). The molecule has 1 aromatic carbocycles. The van der Waals surface area contributed by atoms with Crippen molar-refractivity contribution in [2.45, 2.75) is 65.2 Å². The van der Waals surface area contributed by atoms with Crippen LogP contribution in [0.15, 0.2) is 30.3 Å². The number of hydrogen-bond acceptors (Lipinski definition) is 2. The second kappa shape index (κ2) is 9.54. The van der Waals surface area contributed by atoms with Gasteiger partial charge in [0.25, 0.3) is 0 Å². The lowest BCUT2D eigenvalue weighted by molar-refractivity contribution is -0.0992. The van der Waals surface area contributed by atoms with Crippen molar-refractivity contribution in [1.29, 1.82) is 0 Å². The molecule has 3 heteroatoms. The van der Waals surface area contributed by atoms with Crippen LogP contribution in [0.5, 0.6) is 0 Å². The molecule has 126 valence electrons. The molecule has 0 saturated carbocycles. The number of nitrogens with one attached hydrogen (secondary N) is 1. The Balaban J connectivity index is 0.00000242. The van der Waals surface area contributed by atoms with Gasteiger partial charge in [0.05, 0.1) is 12.2 Å². The van der Waals surface area contributed by atoms with E-state index < -0.39 is 0 Å². The molecule has 0 bridgehead atoms.